The molecule has 4 heterocycles. The number of ether oxygens (including phenoxy) is 1. The van der Waals surface area contributed by atoms with Gasteiger partial charge in [0.25, 0.3) is 0 Å². The monoisotopic (exact) mass is 580 g/mol. The van der Waals surface area contributed by atoms with Crippen LogP contribution in [-0.4, -0.2) is 46.8 Å². The first-order valence-corrected chi connectivity index (χ1v) is 17.7. The predicted molar refractivity (Wildman–Crippen MR) is 158 cm³/mol. The first-order chi connectivity index (χ1) is 17.7. The van der Waals surface area contributed by atoms with Gasteiger partial charge in [0.15, 0.2) is 5.43 Å². The molecular formula is C29H37BrN4O2Si. The van der Waals surface area contributed by atoms with E-state index in [1.54, 1.807) is 12.3 Å². The summed E-state index contributed by atoms with van der Waals surface area (Å²) in [5, 5.41) is 1.65. The molecule has 0 saturated carbocycles. The molecule has 1 fully saturated rings. The molecule has 0 aliphatic carbocycles. The Hall–Kier alpha value is -2.26. The quantitative estimate of drug-likeness (QED) is 0.176. The van der Waals surface area contributed by atoms with Gasteiger partial charge >= 0.3 is 0 Å². The third kappa shape index (κ3) is 5.77. The van der Waals surface area contributed by atoms with E-state index in [1.165, 1.54) is 5.56 Å². The third-order valence-electron chi connectivity index (χ3n) is 7.56. The molecule has 6 nitrogen and oxygen atoms in total. The lowest BCUT2D eigenvalue weighted by Gasteiger charge is -2.39. The van der Waals surface area contributed by atoms with Gasteiger partial charge in [-0.2, -0.15) is 0 Å². The maximum atomic E-state index is 13.0. The first-order valence-electron chi connectivity index (χ1n) is 13.2. The first kappa shape index (κ1) is 26.3. The molecule has 0 amide bonds. The molecule has 0 radical (unpaired) electrons. The van der Waals surface area contributed by atoms with E-state index in [-0.39, 0.29) is 11.5 Å². The normalized spacial score (nSPS) is 19.2. The third-order valence-corrected chi connectivity index (χ3v) is 9.86. The Morgan fingerprint density at radius 1 is 1.16 bits per heavy atom. The number of hydrogen-bond acceptors (Lipinski definition) is 4. The fraction of sp³-hybridized carbons (Fsp3) is 0.448. The average molecular weight is 582 g/mol. The Bertz CT molecular complexity index is 1440. The van der Waals surface area contributed by atoms with Crippen molar-refractivity contribution >= 4 is 45.9 Å². The minimum Gasteiger partial charge on any atom is -0.361 e. The minimum absolute atomic E-state index is 0.0105. The van der Waals surface area contributed by atoms with Crippen LogP contribution in [0.4, 0.5) is 0 Å². The van der Waals surface area contributed by atoms with E-state index in [4.69, 9.17) is 9.72 Å². The van der Waals surface area contributed by atoms with Crippen molar-refractivity contribution in [1.82, 2.24) is 19.0 Å². The van der Waals surface area contributed by atoms with E-state index in [0.29, 0.717) is 18.0 Å². The molecular weight excluding hydrogens is 544 g/mol. The Labute approximate surface area is 228 Å². The largest absolute Gasteiger partial charge is 0.361 e. The van der Waals surface area contributed by atoms with Gasteiger partial charge in [-0.25, -0.2) is 4.98 Å². The summed E-state index contributed by atoms with van der Waals surface area (Å²) in [6.45, 7) is 13.6. The number of hydrogen-bond donors (Lipinski definition) is 0. The lowest BCUT2D eigenvalue weighted by molar-refractivity contribution is 0.0898. The summed E-state index contributed by atoms with van der Waals surface area (Å²) in [7, 11) is -1.15. The second kappa shape index (κ2) is 10.8. The zero-order chi connectivity index (χ0) is 26.2. The van der Waals surface area contributed by atoms with Crippen molar-refractivity contribution in [3.63, 3.8) is 0 Å². The lowest BCUT2D eigenvalue weighted by atomic mass is 9.92. The number of likely N-dealkylation sites (tertiary alicyclic amines) is 1. The summed E-state index contributed by atoms with van der Waals surface area (Å²) in [6, 6.07) is 13.8. The summed E-state index contributed by atoms with van der Waals surface area (Å²) in [6.07, 6.45) is 6.90. The maximum absolute atomic E-state index is 13.0. The van der Waals surface area contributed by atoms with Crippen molar-refractivity contribution in [3.05, 3.63) is 75.2 Å². The molecule has 1 aromatic carbocycles. The van der Waals surface area contributed by atoms with Crippen molar-refractivity contribution in [2.45, 2.75) is 58.3 Å². The van der Waals surface area contributed by atoms with Crippen molar-refractivity contribution in [3.8, 4) is 0 Å². The van der Waals surface area contributed by atoms with Gasteiger partial charge in [0.05, 0.1) is 16.3 Å². The highest BCUT2D eigenvalue weighted by molar-refractivity contribution is 9.10. The highest BCUT2D eigenvalue weighted by Gasteiger charge is 2.29. The summed E-state index contributed by atoms with van der Waals surface area (Å²) in [5.41, 5.74) is 3.15. The molecule has 196 valence electrons. The Kier molecular flexibility index (Phi) is 7.72. The minimum atomic E-state index is -1.15. The standard InChI is InChI=1S/C29H37BrN4O2Si/c1-21-10-12-32(17-22-8-6-5-7-9-22)19-25(21)34-13-11-26(35)23-16-31-29-27(28(23)34)24(30)18-33(29)20-36-14-15-37(2,3)4/h5-9,11,13,16,18,21,25H,10,12,14-15,17,19-20H2,1-4H3/t21-,25+/m1/s1. The van der Waals surface area contributed by atoms with Gasteiger partial charge in [-0.1, -0.05) is 56.9 Å². The van der Waals surface area contributed by atoms with Crippen molar-refractivity contribution < 1.29 is 4.74 Å². The topological polar surface area (TPSA) is 52.3 Å². The summed E-state index contributed by atoms with van der Waals surface area (Å²) in [4.78, 5) is 20.2. The molecule has 0 spiro atoms. The highest BCUT2D eigenvalue weighted by Crippen LogP contribution is 2.36. The smallest absolute Gasteiger partial charge is 0.190 e. The second-order valence-corrected chi connectivity index (χ2v) is 18.1. The second-order valence-electron chi connectivity index (χ2n) is 11.7. The Morgan fingerprint density at radius 3 is 2.70 bits per heavy atom. The van der Waals surface area contributed by atoms with Crippen LogP contribution in [0.1, 0.15) is 24.9 Å². The van der Waals surface area contributed by atoms with Gasteiger partial charge < -0.3 is 13.9 Å². The summed E-state index contributed by atoms with van der Waals surface area (Å²) < 4.78 is 11.4. The van der Waals surface area contributed by atoms with Crippen LogP contribution in [0.15, 0.2) is 64.3 Å². The molecule has 0 N–H and O–H groups in total. The number of nitrogens with zero attached hydrogens (tertiary/aromatic N) is 4. The average Bonchev–Trinajstić information content (AvgIpc) is 3.19. The van der Waals surface area contributed by atoms with Crippen LogP contribution in [0, 0.1) is 5.92 Å². The van der Waals surface area contributed by atoms with E-state index in [1.807, 2.05) is 12.4 Å². The van der Waals surface area contributed by atoms with Crippen molar-refractivity contribution in [2.24, 2.45) is 5.92 Å². The van der Waals surface area contributed by atoms with Gasteiger partial charge in [0.2, 0.25) is 0 Å². The van der Waals surface area contributed by atoms with Crippen LogP contribution < -0.4 is 5.43 Å². The van der Waals surface area contributed by atoms with Gasteiger partial charge in [-0.05, 0) is 46.4 Å². The fourth-order valence-electron chi connectivity index (χ4n) is 5.33. The van der Waals surface area contributed by atoms with Gasteiger partial charge in [0, 0.05) is 62.9 Å². The number of piperidine rings is 1. The number of halogens is 1. The molecule has 2 atom stereocenters. The summed E-state index contributed by atoms with van der Waals surface area (Å²) in [5.74, 6) is 0.492. The molecule has 0 bridgehead atoms. The number of rotatable bonds is 8. The molecule has 37 heavy (non-hydrogen) atoms. The van der Waals surface area contributed by atoms with Crippen LogP contribution in [0.25, 0.3) is 21.9 Å². The number of fused-ring (bicyclic) bond motifs is 3. The zero-order valence-corrected chi connectivity index (χ0v) is 24.9. The number of pyridine rings is 2. The van der Waals surface area contributed by atoms with E-state index in [2.05, 4.69) is 86.9 Å². The summed E-state index contributed by atoms with van der Waals surface area (Å²) >= 11 is 3.80. The number of aromatic nitrogens is 3. The van der Waals surface area contributed by atoms with Gasteiger partial charge in [0.1, 0.15) is 12.4 Å². The van der Waals surface area contributed by atoms with E-state index >= 15 is 0 Å². The SMILES string of the molecule is C[C@@H]1CCN(Cc2ccccc2)C[C@@H]1n1ccc(=O)c2cnc3c(c(Br)cn3COCC[Si](C)(C)C)c21. The van der Waals surface area contributed by atoms with Crippen LogP contribution >= 0.6 is 15.9 Å². The van der Waals surface area contributed by atoms with Crippen LogP contribution in [0.5, 0.6) is 0 Å². The molecule has 3 aromatic heterocycles. The van der Waals surface area contributed by atoms with E-state index in [0.717, 1.165) is 59.7 Å². The van der Waals surface area contributed by atoms with Gasteiger partial charge in [-0.15, -0.1) is 0 Å². The van der Waals surface area contributed by atoms with Crippen molar-refractivity contribution in [2.75, 3.05) is 19.7 Å². The molecule has 1 saturated heterocycles. The zero-order valence-electron chi connectivity index (χ0n) is 22.3. The molecule has 1 aliphatic heterocycles. The van der Waals surface area contributed by atoms with Crippen molar-refractivity contribution in [1.29, 1.82) is 0 Å². The number of benzene rings is 1. The van der Waals surface area contributed by atoms with Crippen LogP contribution in [-0.2, 0) is 18.0 Å². The lowest BCUT2D eigenvalue weighted by Crippen LogP contribution is -2.40. The maximum Gasteiger partial charge on any atom is 0.190 e. The predicted octanol–water partition coefficient (Wildman–Crippen LogP) is 6.51. The van der Waals surface area contributed by atoms with E-state index < -0.39 is 8.07 Å². The Morgan fingerprint density at radius 2 is 1.95 bits per heavy atom. The van der Waals surface area contributed by atoms with E-state index in [9.17, 15) is 4.79 Å². The molecule has 8 heteroatoms. The van der Waals surface area contributed by atoms with Crippen LogP contribution in [0.3, 0.4) is 0 Å². The molecule has 5 rings (SSSR count). The fourth-order valence-corrected chi connectivity index (χ4v) is 6.70. The van der Waals surface area contributed by atoms with Gasteiger partial charge in [-0.3, -0.25) is 9.69 Å². The molecule has 0 unspecified atom stereocenters. The van der Waals surface area contributed by atoms with Crippen LogP contribution in [0.2, 0.25) is 25.7 Å². The highest BCUT2D eigenvalue weighted by atomic mass is 79.9. The Balaban J connectivity index is 1.51. The molecule has 1 aliphatic rings. The molecule has 4 aromatic rings.